The number of amides is 2. The lowest BCUT2D eigenvalue weighted by Crippen LogP contribution is -2.56. The summed E-state index contributed by atoms with van der Waals surface area (Å²) >= 11 is 0. The Morgan fingerprint density at radius 1 is 1.17 bits per heavy atom. The molecule has 0 spiro atoms. The van der Waals surface area contributed by atoms with E-state index >= 15 is 0 Å². The molecule has 1 aromatic carbocycles. The van der Waals surface area contributed by atoms with Crippen molar-refractivity contribution in [3.05, 3.63) is 65.9 Å². The monoisotopic (exact) mass is 565 g/mol. The van der Waals surface area contributed by atoms with Crippen LogP contribution in [-0.2, 0) is 11.2 Å². The molecule has 2 aromatic heterocycles. The number of nitrogens with one attached hydrogen (secondary N) is 2. The molecule has 1 aliphatic rings. The van der Waals surface area contributed by atoms with Crippen LogP contribution in [0, 0.1) is 11.2 Å². The number of nitrogens with zero attached hydrogens (tertiary/aromatic N) is 4. The van der Waals surface area contributed by atoms with Crippen LogP contribution < -0.4 is 16.4 Å². The Labute approximate surface area is 242 Å². The molecule has 1 fully saturated rings. The number of fused-ring (bicyclic) bond motifs is 1. The minimum atomic E-state index is -0.283. The first-order valence-corrected chi connectivity index (χ1v) is 14.4. The number of imidazole rings is 1. The van der Waals surface area contributed by atoms with E-state index in [1.807, 2.05) is 11.8 Å². The van der Waals surface area contributed by atoms with Crippen LogP contribution in [0.2, 0.25) is 0 Å². The molecule has 9 nitrogen and oxygen atoms in total. The summed E-state index contributed by atoms with van der Waals surface area (Å²) in [6.45, 7) is 10.9. The number of rotatable bonds is 11. The Balaban J connectivity index is 1.54. The molecule has 41 heavy (non-hydrogen) atoms. The fourth-order valence-corrected chi connectivity index (χ4v) is 5.26. The first-order chi connectivity index (χ1) is 19.4. The topological polar surface area (TPSA) is 108 Å². The lowest BCUT2D eigenvalue weighted by Gasteiger charge is -2.38. The molecule has 3 aromatic rings. The van der Waals surface area contributed by atoms with Crippen LogP contribution in [0.5, 0.6) is 0 Å². The van der Waals surface area contributed by atoms with Gasteiger partial charge in [0.05, 0.1) is 6.04 Å². The van der Waals surface area contributed by atoms with E-state index < -0.39 is 0 Å². The third kappa shape index (κ3) is 7.83. The summed E-state index contributed by atoms with van der Waals surface area (Å²) in [7, 11) is 1.78. The SMILES string of the molecule is CN[C@@H](C)C(=O)N[C@H](CN1CCC[C@H]1CN(CCc1ccc(F)cc1)C(=O)c1cn2cc(N)ccc2n1)C(C)(C)C. The number of halogens is 1. The molecule has 0 bridgehead atoms. The molecule has 4 rings (SSSR count). The average Bonchev–Trinajstić information content (AvgIpc) is 3.56. The maximum absolute atomic E-state index is 13.9. The predicted molar refractivity (Wildman–Crippen MR) is 160 cm³/mol. The van der Waals surface area contributed by atoms with Gasteiger partial charge in [-0.2, -0.15) is 0 Å². The van der Waals surface area contributed by atoms with E-state index in [2.05, 4.69) is 41.3 Å². The van der Waals surface area contributed by atoms with Gasteiger partial charge in [-0.1, -0.05) is 32.9 Å². The number of hydrogen-bond donors (Lipinski definition) is 3. The molecule has 3 atom stereocenters. The molecule has 222 valence electrons. The number of carbonyl (C=O) groups excluding carboxylic acids is 2. The molecule has 10 heteroatoms. The second kappa shape index (κ2) is 13.0. The lowest BCUT2D eigenvalue weighted by atomic mass is 9.86. The molecule has 0 saturated carbocycles. The number of anilines is 1. The number of benzene rings is 1. The summed E-state index contributed by atoms with van der Waals surface area (Å²) in [6.07, 6.45) is 6.05. The van der Waals surface area contributed by atoms with Crippen LogP contribution in [0.1, 0.15) is 56.6 Å². The van der Waals surface area contributed by atoms with E-state index in [0.29, 0.717) is 43.1 Å². The highest BCUT2D eigenvalue weighted by Crippen LogP contribution is 2.26. The Bertz CT molecular complexity index is 1330. The van der Waals surface area contributed by atoms with E-state index in [-0.39, 0.29) is 41.2 Å². The van der Waals surface area contributed by atoms with E-state index in [1.165, 1.54) is 12.1 Å². The molecule has 0 aliphatic carbocycles. The average molecular weight is 566 g/mol. The molecule has 1 aliphatic heterocycles. The zero-order valence-corrected chi connectivity index (χ0v) is 24.9. The summed E-state index contributed by atoms with van der Waals surface area (Å²) in [4.78, 5) is 35.5. The van der Waals surface area contributed by atoms with Crippen LogP contribution in [0.15, 0.2) is 48.8 Å². The molecule has 2 amide bonds. The van der Waals surface area contributed by atoms with Gasteiger partial charge in [0.25, 0.3) is 5.91 Å². The van der Waals surface area contributed by atoms with Crippen molar-refractivity contribution < 1.29 is 14.0 Å². The highest BCUT2D eigenvalue weighted by molar-refractivity contribution is 5.93. The number of nitrogen functional groups attached to an aromatic ring is 1. The number of pyridine rings is 1. The van der Waals surface area contributed by atoms with Gasteiger partial charge < -0.3 is 25.7 Å². The highest BCUT2D eigenvalue weighted by Gasteiger charge is 2.35. The second-order valence-corrected chi connectivity index (χ2v) is 12.2. The fraction of sp³-hybridized carbons (Fsp3) is 0.516. The Kier molecular flexibility index (Phi) is 9.65. The Hall–Kier alpha value is -3.50. The summed E-state index contributed by atoms with van der Waals surface area (Å²) in [5, 5.41) is 6.27. The van der Waals surface area contributed by atoms with E-state index in [9.17, 15) is 14.0 Å². The van der Waals surface area contributed by atoms with Crippen molar-refractivity contribution >= 4 is 23.1 Å². The molecular weight excluding hydrogens is 521 g/mol. The number of aromatic nitrogens is 2. The first kappa shape index (κ1) is 30.5. The van der Waals surface area contributed by atoms with Crippen molar-refractivity contribution in [3.8, 4) is 0 Å². The van der Waals surface area contributed by atoms with Crippen molar-refractivity contribution in [2.45, 2.75) is 65.1 Å². The fourth-order valence-electron chi connectivity index (χ4n) is 5.26. The molecule has 1 saturated heterocycles. The van der Waals surface area contributed by atoms with Crippen LogP contribution in [0.4, 0.5) is 10.1 Å². The quantitative estimate of drug-likeness (QED) is 0.329. The van der Waals surface area contributed by atoms with Gasteiger partial charge in [-0.25, -0.2) is 9.37 Å². The van der Waals surface area contributed by atoms with Gasteiger partial charge in [-0.3, -0.25) is 14.5 Å². The number of likely N-dealkylation sites (N-methyl/N-ethyl adjacent to an activating group) is 1. The summed E-state index contributed by atoms with van der Waals surface area (Å²) < 4.78 is 15.3. The summed E-state index contributed by atoms with van der Waals surface area (Å²) in [5.74, 6) is -0.451. The van der Waals surface area contributed by atoms with E-state index in [4.69, 9.17) is 5.73 Å². The van der Waals surface area contributed by atoms with Crippen LogP contribution >= 0.6 is 0 Å². The molecule has 3 heterocycles. The number of carbonyl (C=O) groups is 2. The zero-order chi connectivity index (χ0) is 29.7. The first-order valence-electron chi connectivity index (χ1n) is 14.4. The van der Waals surface area contributed by atoms with Gasteiger partial charge in [0.15, 0.2) is 0 Å². The van der Waals surface area contributed by atoms with Gasteiger partial charge in [0, 0.05) is 49.8 Å². The Morgan fingerprint density at radius 2 is 1.90 bits per heavy atom. The van der Waals surface area contributed by atoms with Crippen molar-refractivity contribution in [2.75, 3.05) is 39.0 Å². The lowest BCUT2D eigenvalue weighted by molar-refractivity contribution is -0.124. The second-order valence-electron chi connectivity index (χ2n) is 12.2. The maximum atomic E-state index is 13.9. The normalized spacial score (nSPS) is 17.5. The third-order valence-corrected chi connectivity index (χ3v) is 8.10. The van der Waals surface area contributed by atoms with Gasteiger partial charge >= 0.3 is 0 Å². The van der Waals surface area contributed by atoms with Gasteiger partial charge in [-0.15, -0.1) is 0 Å². The minimum Gasteiger partial charge on any atom is -0.398 e. The van der Waals surface area contributed by atoms with E-state index in [1.54, 1.807) is 48.1 Å². The van der Waals surface area contributed by atoms with E-state index in [0.717, 1.165) is 24.9 Å². The van der Waals surface area contributed by atoms with Gasteiger partial charge in [-0.05, 0) is 75.0 Å². The summed E-state index contributed by atoms with van der Waals surface area (Å²) in [5.41, 5.74) is 8.36. The number of likely N-dealkylation sites (tertiary alicyclic amines) is 1. The van der Waals surface area contributed by atoms with Crippen molar-refractivity contribution in [1.82, 2.24) is 29.8 Å². The third-order valence-electron chi connectivity index (χ3n) is 8.10. The molecule has 4 N–H and O–H groups in total. The Morgan fingerprint density at radius 3 is 2.59 bits per heavy atom. The number of hydrogen-bond acceptors (Lipinski definition) is 6. The zero-order valence-electron chi connectivity index (χ0n) is 24.9. The molecular formula is C31H44FN7O2. The van der Waals surface area contributed by atoms with Crippen LogP contribution in [0.3, 0.4) is 0 Å². The molecule has 0 radical (unpaired) electrons. The van der Waals surface area contributed by atoms with Crippen LogP contribution in [-0.4, -0.2) is 82.4 Å². The standard InChI is InChI=1S/C31H44FN7O2/c1-21(34-5)29(40)36-27(31(2,3)4)20-37-15-6-7-25(37)18-38(16-14-22-8-10-23(32)11-9-22)30(41)26-19-39-17-24(33)12-13-28(39)35-26/h8-13,17,19,21,25,27,34H,6-7,14-16,18,20,33H2,1-5H3,(H,36,40)/t21-,25-,27+/m0/s1. The van der Waals surface area contributed by atoms with Crippen LogP contribution in [0.25, 0.3) is 5.65 Å². The minimum absolute atomic E-state index is 0.0215. The smallest absolute Gasteiger partial charge is 0.274 e. The number of nitrogens with two attached hydrogens (primary N) is 1. The van der Waals surface area contributed by atoms with Crippen molar-refractivity contribution in [3.63, 3.8) is 0 Å². The largest absolute Gasteiger partial charge is 0.398 e. The van der Waals surface area contributed by atoms with Crippen molar-refractivity contribution in [2.24, 2.45) is 5.41 Å². The molecule has 0 unspecified atom stereocenters. The summed E-state index contributed by atoms with van der Waals surface area (Å²) in [6, 6.07) is 9.78. The highest BCUT2D eigenvalue weighted by atomic mass is 19.1. The van der Waals surface area contributed by atoms with Crippen molar-refractivity contribution in [1.29, 1.82) is 0 Å². The predicted octanol–water partition coefficient (Wildman–Crippen LogP) is 3.34. The van der Waals surface area contributed by atoms with Gasteiger partial charge in [0.1, 0.15) is 17.2 Å². The van der Waals surface area contributed by atoms with Gasteiger partial charge in [0.2, 0.25) is 5.91 Å². The maximum Gasteiger partial charge on any atom is 0.274 e.